The van der Waals surface area contributed by atoms with Gasteiger partial charge in [0, 0.05) is 30.6 Å². The van der Waals surface area contributed by atoms with Gasteiger partial charge in [-0.1, -0.05) is 36.8 Å². The molecular weight excluding hydrogens is 469 g/mol. The predicted molar refractivity (Wildman–Crippen MR) is 143 cm³/mol. The number of piperidine rings is 1. The summed E-state index contributed by atoms with van der Waals surface area (Å²) in [6.45, 7) is 5.63. The Morgan fingerprint density at radius 1 is 0.973 bits per heavy atom. The third kappa shape index (κ3) is 6.89. The molecule has 1 heterocycles. The molecule has 1 saturated heterocycles. The van der Waals surface area contributed by atoms with Crippen LogP contribution in [-0.4, -0.2) is 35.2 Å². The first-order valence-electron chi connectivity index (χ1n) is 13.0. The molecule has 4 rings (SSSR count). The van der Waals surface area contributed by atoms with Crippen molar-refractivity contribution in [1.82, 2.24) is 4.90 Å². The lowest BCUT2D eigenvalue weighted by atomic mass is 9.93. The maximum Gasteiger partial charge on any atom is 0.303 e. The van der Waals surface area contributed by atoms with Crippen molar-refractivity contribution < 1.29 is 23.8 Å². The molecule has 0 aromatic heterocycles. The molecule has 1 N–H and O–H groups in total. The fourth-order valence-corrected chi connectivity index (χ4v) is 5.16. The molecule has 0 aliphatic carbocycles. The van der Waals surface area contributed by atoms with Crippen LogP contribution in [0, 0.1) is 5.82 Å². The van der Waals surface area contributed by atoms with E-state index in [-0.39, 0.29) is 12.2 Å². The number of carboxylic acid groups (broad SMARTS) is 1. The van der Waals surface area contributed by atoms with Gasteiger partial charge >= 0.3 is 5.97 Å². The van der Waals surface area contributed by atoms with E-state index in [9.17, 15) is 9.18 Å². The van der Waals surface area contributed by atoms with Crippen molar-refractivity contribution in [3.63, 3.8) is 0 Å². The first-order valence-corrected chi connectivity index (χ1v) is 13.0. The maximum absolute atomic E-state index is 15.0. The van der Waals surface area contributed by atoms with Gasteiger partial charge in [-0.05, 0) is 85.7 Å². The van der Waals surface area contributed by atoms with E-state index in [4.69, 9.17) is 14.6 Å². The lowest BCUT2D eigenvalue weighted by Gasteiger charge is -2.39. The highest BCUT2D eigenvalue weighted by Gasteiger charge is 2.26. The number of carbonyl (C=O) groups is 1. The van der Waals surface area contributed by atoms with Gasteiger partial charge in [0.1, 0.15) is 23.9 Å². The maximum atomic E-state index is 15.0. The van der Waals surface area contributed by atoms with Crippen molar-refractivity contribution in [2.24, 2.45) is 0 Å². The standard InChI is InChI=1S/C31H36FNO4/c1-21-6-4-7-22(2)33(21)19-25-16-24(10-13-28(25)29-18-26(36-3)12-14-30(29)32)20-37-27-9-5-8-23(17-27)11-15-31(34)35/h5,8-10,12-14,16-18,21-22H,4,6-7,11,15,19-20H2,1-3H3,(H,34,35). The van der Waals surface area contributed by atoms with E-state index >= 15 is 0 Å². The molecule has 5 nitrogen and oxygen atoms in total. The van der Waals surface area contributed by atoms with E-state index < -0.39 is 5.97 Å². The van der Waals surface area contributed by atoms with Crippen molar-refractivity contribution in [2.45, 2.75) is 71.2 Å². The summed E-state index contributed by atoms with van der Waals surface area (Å²) in [5.41, 5.74) is 4.38. The zero-order valence-corrected chi connectivity index (χ0v) is 21.9. The summed E-state index contributed by atoms with van der Waals surface area (Å²) in [6, 6.07) is 19.4. The molecule has 1 fully saturated rings. The average molecular weight is 506 g/mol. The first-order chi connectivity index (χ1) is 17.8. The highest BCUT2D eigenvalue weighted by atomic mass is 19.1. The Kier molecular flexibility index (Phi) is 8.82. The summed E-state index contributed by atoms with van der Waals surface area (Å²) in [5.74, 6) is 0.232. The first kappa shape index (κ1) is 26.7. The van der Waals surface area contributed by atoms with E-state index in [1.807, 2.05) is 36.4 Å². The van der Waals surface area contributed by atoms with Gasteiger partial charge in [0.15, 0.2) is 0 Å². The number of methoxy groups -OCH3 is 1. The van der Waals surface area contributed by atoms with Crippen LogP contribution < -0.4 is 9.47 Å². The molecule has 2 unspecified atom stereocenters. The van der Waals surface area contributed by atoms with Gasteiger partial charge in [0.05, 0.1) is 7.11 Å². The fraction of sp³-hybridized carbons (Fsp3) is 0.387. The molecular formula is C31H36FNO4. The third-order valence-corrected chi connectivity index (χ3v) is 7.29. The van der Waals surface area contributed by atoms with E-state index in [1.165, 1.54) is 12.5 Å². The van der Waals surface area contributed by atoms with E-state index in [1.54, 1.807) is 19.2 Å². The minimum absolute atomic E-state index is 0.0858. The third-order valence-electron chi connectivity index (χ3n) is 7.29. The molecule has 0 spiro atoms. The van der Waals surface area contributed by atoms with Gasteiger partial charge in [-0.3, -0.25) is 9.69 Å². The molecule has 1 aliphatic rings. The Hall–Kier alpha value is -3.38. The van der Waals surface area contributed by atoms with Crippen LogP contribution in [0.3, 0.4) is 0 Å². The second-order valence-electron chi connectivity index (χ2n) is 9.97. The summed E-state index contributed by atoms with van der Waals surface area (Å²) in [7, 11) is 1.59. The van der Waals surface area contributed by atoms with E-state index in [0.717, 1.165) is 41.6 Å². The number of hydrogen-bond acceptors (Lipinski definition) is 4. The molecule has 37 heavy (non-hydrogen) atoms. The summed E-state index contributed by atoms with van der Waals surface area (Å²) in [4.78, 5) is 13.4. The Balaban J connectivity index is 1.61. The second kappa shape index (κ2) is 12.2. The van der Waals surface area contributed by atoms with Crippen molar-refractivity contribution in [1.29, 1.82) is 0 Å². The molecule has 0 saturated carbocycles. The molecule has 0 bridgehead atoms. The van der Waals surface area contributed by atoms with Gasteiger partial charge < -0.3 is 14.6 Å². The number of hydrogen-bond donors (Lipinski definition) is 1. The summed E-state index contributed by atoms with van der Waals surface area (Å²) >= 11 is 0. The molecule has 6 heteroatoms. The zero-order chi connectivity index (χ0) is 26.4. The number of ether oxygens (including phenoxy) is 2. The quantitative estimate of drug-likeness (QED) is 0.326. The molecule has 2 atom stereocenters. The zero-order valence-electron chi connectivity index (χ0n) is 21.9. The number of likely N-dealkylation sites (tertiary alicyclic amines) is 1. The number of halogens is 1. The molecule has 0 amide bonds. The van der Waals surface area contributed by atoms with Crippen molar-refractivity contribution in [2.75, 3.05) is 7.11 Å². The van der Waals surface area contributed by atoms with Crippen LogP contribution >= 0.6 is 0 Å². The predicted octanol–water partition coefficient (Wildman–Crippen LogP) is 6.86. The molecule has 3 aromatic rings. The van der Waals surface area contributed by atoms with Crippen LogP contribution in [-0.2, 0) is 24.4 Å². The van der Waals surface area contributed by atoms with Gasteiger partial charge in [-0.15, -0.1) is 0 Å². The largest absolute Gasteiger partial charge is 0.497 e. The van der Waals surface area contributed by atoms with Crippen LogP contribution in [0.1, 0.15) is 56.2 Å². The van der Waals surface area contributed by atoms with Crippen LogP contribution in [0.2, 0.25) is 0 Å². The van der Waals surface area contributed by atoms with Gasteiger partial charge in [0.25, 0.3) is 0 Å². The van der Waals surface area contributed by atoms with Crippen LogP contribution in [0.15, 0.2) is 60.7 Å². The summed E-state index contributed by atoms with van der Waals surface area (Å²) in [5, 5.41) is 8.96. The van der Waals surface area contributed by atoms with Gasteiger partial charge in [0.2, 0.25) is 0 Å². The summed E-state index contributed by atoms with van der Waals surface area (Å²) in [6.07, 6.45) is 4.10. The van der Waals surface area contributed by atoms with E-state index in [0.29, 0.717) is 42.2 Å². The Labute approximate surface area is 218 Å². The van der Waals surface area contributed by atoms with Crippen molar-refractivity contribution in [3.05, 3.63) is 83.2 Å². The highest BCUT2D eigenvalue weighted by molar-refractivity contribution is 5.70. The van der Waals surface area contributed by atoms with Crippen molar-refractivity contribution >= 4 is 5.97 Å². The summed E-state index contributed by atoms with van der Waals surface area (Å²) < 4.78 is 26.4. The SMILES string of the molecule is COc1ccc(F)c(-c2ccc(COc3cccc(CCC(=O)O)c3)cc2CN2C(C)CCCC2C)c1. The molecule has 196 valence electrons. The highest BCUT2D eigenvalue weighted by Crippen LogP contribution is 2.33. The molecule has 1 aliphatic heterocycles. The number of carboxylic acids is 1. The minimum Gasteiger partial charge on any atom is -0.497 e. The number of aliphatic carboxylic acids is 1. The molecule has 0 radical (unpaired) electrons. The fourth-order valence-electron chi connectivity index (χ4n) is 5.16. The van der Waals surface area contributed by atoms with Crippen LogP contribution in [0.25, 0.3) is 11.1 Å². The lowest BCUT2D eigenvalue weighted by molar-refractivity contribution is -0.136. The minimum atomic E-state index is -0.816. The average Bonchev–Trinajstić information content (AvgIpc) is 2.89. The number of nitrogens with zero attached hydrogens (tertiary/aromatic N) is 1. The number of rotatable bonds is 10. The van der Waals surface area contributed by atoms with Gasteiger partial charge in [-0.25, -0.2) is 4.39 Å². The number of aryl methyl sites for hydroxylation is 1. The Morgan fingerprint density at radius 2 is 1.76 bits per heavy atom. The van der Waals surface area contributed by atoms with Crippen molar-refractivity contribution in [3.8, 4) is 22.6 Å². The smallest absolute Gasteiger partial charge is 0.303 e. The van der Waals surface area contributed by atoms with Crippen LogP contribution in [0.5, 0.6) is 11.5 Å². The monoisotopic (exact) mass is 505 g/mol. The topological polar surface area (TPSA) is 59.0 Å². The van der Waals surface area contributed by atoms with E-state index in [2.05, 4.69) is 24.8 Å². The Bertz CT molecular complexity index is 1220. The second-order valence-corrected chi connectivity index (χ2v) is 9.97. The number of benzene rings is 3. The van der Waals surface area contributed by atoms with Crippen LogP contribution in [0.4, 0.5) is 4.39 Å². The van der Waals surface area contributed by atoms with Gasteiger partial charge in [-0.2, -0.15) is 0 Å². The molecule has 3 aromatic carbocycles. The lowest BCUT2D eigenvalue weighted by Crippen LogP contribution is -2.43. The normalized spacial score (nSPS) is 17.9. The Morgan fingerprint density at radius 3 is 2.49 bits per heavy atom.